The summed E-state index contributed by atoms with van der Waals surface area (Å²) in [5, 5.41) is 1.13. The first-order chi connectivity index (χ1) is 11.9. The molecule has 0 spiro atoms. The highest BCUT2D eigenvalue weighted by atomic mass is 79.9. The van der Waals surface area contributed by atoms with Gasteiger partial charge in [-0.05, 0) is 47.5 Å². The van der Waals surface area contributed by atoms with Crippen molar-refractivity contribution in [2.45, 2.75) is 38.1 Å². The van der Waals surface area contributed by atoms with Gasteiger partial charge in [0.1, 0.15) is 5.75 Å². The maximum Gasteiger partial charge on any atom is 0.223 e. The molecule has 2 rings (SSSR count). The molecule has 0 fully saturated rings. The molecule has 7 heteroatoms. The average Bonchev–Trinajstić information content (AvgIpc) is 2.56. The lowest BCUT2D eigenvalue weighted by Gasteiger charge is -2.12. The van der Waals surface area contributed by atoms with E-state index in [0.29, 0.717) is 22.0 Å². The van der Waals surface area contributed by atoms with Crippen LogP contribution in [0.3, 0.4) is 0 Å². The zero-order valence-corrected chi connectivity index (χ0v) is 17.6. The number of aromatic nitrogens is 2. The summed E-state index contributed by atoms with van der Waals surface area (Å²) in [4.78, 5) is 15.2. The second-order valence-corrected chi connectivity index (χ2v) is 8.23. The summed E-state index contributed by atoms with van der Waals surface area (Å²) in [6.07, 6.45) is 3.54. The van der Waals surface area contributed by atoms with Crippen LogP contribution in [0, 0.1) is 6.92 Å². The zero-order chi connectivity index (χ0) is 18.4. The van der Waals surface area contributed by atoms with E-state index in [9.17, 15) is 0 Å². The molecule has 1 aromatic carbocycles. The van der Waals surface area contributed by atoms with Gasteiger partial charge in [-0.2, -0.15) is 4.98 Å². The number of hydrogen-bond acceptors (Lipinski definition) is 5. The van der Waals surface area contributed by atoms with Gasteiger partial charge in [-0.3, -0.25) is 0 Å². The van der Waals surface area contributed by atoms with Crippen molar-refractivity contribution < 1.29 is 4.74 Å². The third kappa shape index (κ3) is 6.01. The SMILES string of the molecule is CCN(C)C=Nc1cc(Br)c(Oc2ccnc(SC(C)C)n2)cc1C. The van der Waals surface area contributed by atoms with Crippen molar-refractivity contribution in [2.24, 2.45) is 4.99 Å². The van der Waals surface area contributed by atoms with E-state index in [0.717, 1.165) is 22.3 Å². The van der Waals surface area contributed by atoms with E-state index in [1.807, 2.05) is 37.3 Å². The molecule has 0 bridgehead atoms. The van der Waals surface area contributed by atoms with Gasteiger partial charge in [0.15, 0.2) is 5.16 Å². The second kappa shape index (κ2) is 9.20. The normalized spacial score (nSPS) is 11.3. The fourth-order valence-corrected chi connectivity index (χ4v) is 2.96. The number of thioether (sulfide) groups is 1. The quantitative estimate of drug-likeness (QED) is 0.257. The Bertz CT molecular complexity index is 752. The van der Waals surface area contributed by atoms with Crippen molar-refractivity contribution in [3.63, 3.8) is 0 Å². The van der Waals surface area contributed by atoms with Crippen LogP contribution in [0.4, 0.5) is 5.69 Å². The van der Waals surface area contributed by atoms with Crippen LogP contribution < -0.4 is 4.74 Å². The van der Waals surface area contributed by atoms with Gasteiger partial charge in [0.25, 0.3) is 0 Å². The van der Waals surface area contributed by atoms with E-state index in [2.05, 4.69) is 51.7 Å². The number of rotatable bonds is 7. The molecule has 0 aliphatic heterocycles. The van der Waals surface area contributed by atoms with E-state index in [1.165, 1.54) is 0 Å². The van der Waals surface area contributed by atoms with Crippen molar-refractivity contribution in [3.8, 4) is 11.6 Å². The van der Waals surface area contributed by atoms with Crippen molar-refractivity contribution in [1.82, 2.24) is 14.9 Å². The van der Waals surface area contributed by atoms with Crippen LogP contribution in [0.25, 0.3) is 0 Å². The van der Waals surface area contributed by atoms with Crippen molar-refractivity contribution >= 4 is 39.7 Å². The number of ether oxygens (including phenoxy) is 1. The monoisotopic (exact) mass is 422 g/mol. The van der Waals surface area contributed by atoms with Crippen LogP contribution in [0.2, 0.25) is 0 Å². The number of benzene rings is 1. The third-order valence-electron chi connectivity index (χ3n) is 3.31. The van der Waals surface area contributed by atoms with Gasteiger partial charge in [-0.1, -0.05) is 25.6 Å². The molecule has 0 atom stereocenters. The molecule has 2 aromatic rings. The lowest BCUT2D eigenvalue weighted by atomic mass is 10.2. The van der Waals surface area contributed by atoms with E-state index >= 15 is 0 Å². The maximum atomic E-state index is 5.94. The Balaban J connectivity index is 2.21. The number of hydrogen-bond donors (Lipinski definition) is 0. The minimum atomic E-state index is 0.419. The first-order valence-electron chi connectivity index (χ1n) is 8.11. The van der Waals surface area contributed by atoms with Crippen molar-refractivity contribution in [2.75, 3.05) is 13.6 Å². The molecule has 0 saturated heterocycles. The molecule has 134 valence electrons. The highest BCUT2D eigenvalue weighted by molar-refractivity contribution is 9.10. The van der Waals surface area contributed by atoms with Crippen LogP contribution in [-0.2, 0) is 0 Å². The maximum absolute atomic E-state index is 5.94. The molecule has 0 N–H and O–H groups in total. The summed E-state index contributed by atoms with van der Waals surface area (Å²) >= 11 is 5.17. The van der Waals surface area contributed by atoms with Gasteiger partial charge in [0.05, 0.1) is 16.5 Å². The summed E-state index contributed by atoms with van der Waals surface area (Å²) < 4.78 is 6.77. The first-order valence-corrected chi connectivity index (χ1v) is 9.78. The van der Waals surface area contributed by atoms with Gasteiger partial charge in [-0.15, -0.1) is 0 Å². The fourth-order valence-electron chi connectivity index (χ4n) is 1.87. The number of nitrogens with zero attached hydrogens (tertiary/aromatic N) is 4. The van der Waals surface area contributed by atoms with Crippen LogP contribution >= 0.6 is 27.7 Å². The third-order valence-corrected chi connectivity index (χ3v) is 4.81. The van der Waals surface area contributed by atoms with Gasteiger partial charge in [0, 0.05) is 31.1 Å². The Labute approximate surface area is 162 Å². The molecule has 25 heavy (non-hydrogen) atoms. The molecule has 1 aromatic heterocycles. The second-order valence-electron chi connectivity index (χ2n) is 5.83. The van der Waals surface area contributed by atoms with Crippen molar-refractivity contribution in [3.05, 3.63) is 34.4 Å². The average molecular weight is 423 g/mol. The molecule has 5 nitrogen and oxygen atoms in total. The van der Waals surface area contributed by atoms with Gasteiger partial charge in [0.2, 0.25) is 5.88 Å². The summed E-state index contributed by atoms with van der Waals surface area (Å²) in [5.74, 6) is 1.24. The minimum absolute atomic E-state index is 0.419. The van der Waals surface area contributed by atoms with Gasteiger partial charge < -0.3 is 9.64 Å². The molecule has 0 radical (unpaired) electrons. The summed E-state index contributed by atoms with van der Waals surface area (Å²) in [7, 11) is 1.99. The molecule has 0 saturated carbocycles. The van der Waals surface area contributed by atoms with Crippen LogP contribution in [-0.4, -0.2) is 40.0 Å². The molecule has 0 unspecified atom stereocenters. The van der Waals surface area contributed by atoms with E-state index in [1.54, 1.807) is 24.0 Å². The van der Waals surface area contributed by atoms with E-state index < -0.39 is 0 Å². The Kier molecular flexibility index (Phi) is 7.25. The molecule has 0 aliphatic carbocycles. The highest BCUT2D eigenvalue weighted by Gasteiger charge is 2.10. The van der Waals surface area contributed by atoms with E-state index in [-0.39, 0.29) is 0 Å². The molecule has 0 amide bonds. The fraction of sp³-hybridized carbons (Fsp3) is 0.389. The Morgan fingerprint density at radius 1 is 1.40 bits per heavy atom. The first kappa shape index (κ1) is 19.7. The number of aryl methyl sites for hydroxylation is 1. The Hall–Kier alpha value is -1.60. The molecular formula is C18H23BrN4OS. The van der Waals surface area contributed by atoms with Gasteiger partial charge in [-0.25, -0.2) is 9.98 Å². The summed E-state index contributed by atoms with van der Waals surface area (Å²) in [5.41, 5.74) is 1.93. The standard InChI is InChI=1S/C18H23BrN4OS/c1-6-23(5)11-21-15-10-14(19)16(9-13(15)4)24-17-7-8-20-18(22-17)25-12(2)3/h7-12H,6H2,1-5H3. The predicted octanol–water partition coefficient (Wildman–Crippen LogP) is 5.45. The lowest BCUT2D eigenvalue weighted by molar-refractivity contribution is 0.452. The summed E-state index contributed by atoms with van der Waals surface area (Å²) in [6.45, 7) is 9.22. The smallest absolute Gasteiger partial charge is 0.223 e. The molecule has 0 aliphatic rings. The van der Waals surface area contributed by atoms with Crippen LogP contribution in [0.15, 0.2) is 39.0 Å². The van der Waals surface area contributed by atoms with Gasteiger partial charge >= 0.3 is 0 Å². The molecule has 1 heterocycles. The Morgan fingerprint density at radius 3 is 2.84 bits per heavy atom. The topological polar surface area (TPSA) is 50.6 Å². The predicted molar refractivity (Wildman–Crippen MR) is 108 cm³/mol. The van der Waals surface area contributed by atoms with E-state index in [4.69, 9.17) is 4.74 Å². The highest BCUT2D eigenvalue weighted by Crippen LogP contribution is 2.35. The number of aliphatic imine (C=N–C) groups is 1. The lowest BCUT2D eigenvalue weighted by Crippen LogP contribution is -2.14. The molecular weight excluding hydrogens is 400 g/mol. The number of halogens is 1. The minimum Gasteiger partial charge on any atom is -0.438 e. The van der Waals surface area contributed by atoms with Crippen molar-refractivity contribution in [1.29, 1.82) is 0 Å². The summed E-state index contributed by atoms with van der Waals surface area (Å²) in [6, 6.07) is 5.67. The van der Waals surface area contributed by atoms with Crippen LogP contribution in [0.5, 0.6) is 11.6 Å². The van der Waals surface area contributed by atoms with Crippen LogP contribution in [0.1, 0.15) is 26.3 Å². The largest absolute Gasteiger partial charge is 0.438 e. The Morgan fingerprint density at radius 2 is 2.16 bits per heavy atom. The zero-order valence-electron chi connectivity index (χ0n) is 15.2.